The smallest absolute Gasteiger partial charge is 0.250 e. The molecule has 0 unspecified atom stereocenters. The summed E-state index contributed by atoms with van der Waals surface area (Å²) in [5.74, 6) is -0.193. The van der Waals surface area contributed by atoms with Crippen molar-refractivity contribution in [1.82, 2.24) is 14.9 Å². The molecule has 0 aliphatic carbocycles. The maximum absolute atomic E-state index is 12.0. The molecule has 182 valence electrons. The molecule has 0 saturated carbocycles. The zero-order valence-corrected chi connectivity index (χ0v) is 20.9. The number of hydrogen-bond donors (Lipinski definition) is 2. The quantitative estimate of drug-likeness (QED) is 0.353. The van der Waals surface area contributed by atoms with Crippen LogP contribution < -0.4 is 15.5 Å². The molecule has 1 aliphatic rings. The van der Waals surface area contributed by atoms with Gasteiger partial charge in [0.2, 0.25) is 5.91 Å². The van der Waals surface area contributed by atoms with E-state index in [9.17, 15) is 4.79 Å². The van der Waals surface area contributed by atoms with E-state index in [-0.39, 0.29) is 24.6 Å². The number of para-hydroxylation sites is 1. The molecule has 5 rings (SSSR count). The summed E-state index contributed by atoms with van der Waals surface area (Å²) in [6.07, 6.45) is 6.01. The van der Waals surface area contributed by atoms with E-state index in [1.54, 1.807) is 6.20 Å². The Labute approximate surface area is 215 Å². The van der Waals surface area contributed by atoms with Crippen LogP contribution in [-0.4, -0.2) is 34.3 Å². The lowest BCUT2D eigenvalue weighted by Crippen LogP contribution is -2.29. The van der Waals surface area contributed by atoms with E-state index in [0.29, 0.717) is 5.11 Å². The van der Waals surface area contributed by atoms with Crippen molar-refractivity contribution < 1.29 is 9.53 Å². The first kappa shape index (κ1) is 23.7. The van der Waals surface area contributed by atoms with Gasteiger partial charge in [0.15, 0.2) is 5.11 Å². The van der Waals surface area contributed by atoms with Gasteiger partial charge in [-0.15, -0.1) is 0 Å². The zero-order chi connectivity index (χ0) is 25.1. The number of aryl methyl sites for hydroxylation is 1. The molecule has 0 radical (unpaired) electrons. The van der Waals surface area contributed by atoms with Crippen molar-refractivity contribution in [1.29, 1.82) is 0 Å². The highest BCUT2D eigenvalue weighted by Gasteiger charge is 2.41. The van der Waals surface area contributed by atoms with Crippen molar-refractivity contribution in [3.8, 4) is 5.69 Å². The summed E-state index contributed by atoms with van der Waals surface area (Å²) in [5, 5.41) is 7.02. The van der Waals surface area contributed by atoms with Crippen molar-refractivity contribution in [2.75, 3.05) is 23.9 Å². The molecular weight excluding hydrogens is 470 g/mol. The number of hydrogen-bond acceptors (Lipinski definition) is 4. The van der Waals surface area contributed by atoms with E-state index in [1.165, 1.54) is 7.11 Å². The molecule has 3 heterocycles. The highest BCUT2D eigenvalue weighted by molar-refractivity contribution is 7.80. The second-order valence-electron chi connectivity index (χ2n) is 8.66. The van der Waals surface area contributed by atoms with Gasteiger partial charge in [-0.05, 0) is 78.8 Å². The van der Waals surface area contributed by atoms with E-state index in [1.807, 2.05) is 61.5 Å². The molecule has 2 aromatic heterocycles. The Bertz CT molecular complexity index is 1370. The lowest BCUT2D eigenvalue weighted by Gasteiger charge is -2.28. The lowest BCUT2D eigenvalue weighted by atomic mass is 9.98. The van der Waals surface area contributed by atoms with Gasteiger partial charge in [0.25, 0.3) is 0 Å². The topological polar surface area (TPSA) is 71.4 Å². The van der Waals surface area contributed by atoms with Crippen LogP contribution in [0.25, 0.3) is 5.69 Å². The van der Waals surface area contributed by atoms with Gasteiger partial charge in [0.1, 0.15) is 6.61 Å². The Morgan fingerprint density at radius 2 is 1.89 bits per heavy atom. The Kier molecular flexibility index (Phi) is 6.79. The summed E-state index contributed by atoms with van der Waals surface area (Å²) < 4.78 is 7.05. The molecule has 1 amide bonds. The molecule has 2 atom stereocenters. The Morgan fingerprint density at radius 3 is 2.61 bits per heavy atom. The van der Waals surface area contributed by atoms with Crippen LogP contribution in [0.2, 0.25) is 0 Å². The predicted octanol–water partition coefficient (Wildman–Crippen LogP) is 4.94. The standard InChI is InChI=1S/C28H27N5O2S/c1-19-16-22(11-12-23(19)30-25(34)18-35-2)33-27(26(31-28(33)36)24-10-6-7-14-29-24)20-13-15-32(17-20)21-8-4-3-5-9-21/h3-17,26-27H,18H2,1-2H3,(H,30,34)(H,31,36)/t26-,27+/m1/s1. The molecule has 2 aromatic carbocycles. The summed E-state index contributed by atoms with van der Waals surface area (Å²) in [6.45, 7) is 1.98. The number of ether oxygens (including phenoxy) is 1. The van der Waals surface area contributed by atoms with Gasteiger partial charge < -0.3 is 24.8 Å². The minimum Gasteiger partial charge on any atom is -0.375 e. The number of carbonyl (C=O) groups is 1. The van der Waals surface area contributed by atoms with Crippen molar-refractivity contribution >= 4 is 34.6 Å². The molecule has 4 aromatic rings. The summed E-state index contributed by atoms with van der Waals surface area (Å²) in [5.41, 5.74) is 5.72. The number of nitrogens with zero attached hydrogens (tertiary/aromatic N) is 3. The largest absolute Gasteiger partial charge is 0.375 e. The number of aromatic nitrogens is 2. The highest BCUT2D eigenvalue weighted by atomic mass is 32.1. The Morgan fingerprint density at radius 1 is 1.08 bits per heavy atom. The van der Waals surface area contributed by atoms with Gasteiger partial charge in [0, 0.05) is 42.8 Å². The highest BCUT2D eigenvalue weighted by Crippen LogP contribution is 2.42. The first-order chi connectivity index (χ1) is 17.5. The van der Waals surface area contributed by atoms with Crippen molar-refractivity contribution in [2.45, 2.75) is 19.0 Å². The monoisotopic (exact) mass is 497 g/mol. The fourth-order valence-corrected chi connectivity index (χ4v) is 4.92. The van der Waals surface area contributed by atoms with Crippen LogP contribution in [0.1, 0.15) is 28.9 Å². The SMILES string of the molecule is COCC(=O)Nc1ccc(N2C(=S)N[C@H](c3ccccn3)[C@@H]2c2ccn(-c3ccccc3)c2)cc1C. The van der Waals surface area contributed by atoms with Crippen LogP contribution in [0.15, 0.2) is 91.4 Å². The number of anilines is 2. The number of thiocarbonyl (C=S) groups is 1. The van der Waals surface area contributed by atoms with Crippen molar-refractivity contribution in [3.05, 3.63) is 108 Å². The van der Waals surface area contributed by atoms with Gasteiger partial charge in [-0.1, -0.05) is 24.3 Å². The minimum atomic E-state index is -0.193. The number of methoxy groups -OCH3 is 1. The molecule has 1 fully saturated rings. The number of pyridine rings is 1. The van der Waals surface area contributed by atoms with Gasteiger partial charge in [0.05, 0.1) is 17.8 Å². The second kappa shape index (κ2) is 10.3. The van der Waals surface area contributed by atoms with Crippen molar-refractivity contribution in [3.63, 3.8) is 0 Å². The third-order valence-electron chi connectivity index (χ3n) is 6.25. The average molecular weight is 498 g/mol. The number of rotatable bonds is 7. The number of benzene rings is 2. The normalized spacial score (nSPS) is 17.2. The first-order valence-corrected chi connectivity index (χ1v) is 12.1. The fourth-order valence-electron chi connectivity index (χ4n) is 4.58. The molecule has 1 saturated heterocycles. The van der Waals surface area contributed by atoms with E-state index >= 15 is 0 Å². The molecular formula is C28H27N5O2S. The molecule has 8 heteroatoms. The lowest BCUT2D eigenvalue weighted by molar-refractivity contribution is -0.119. The first-order valence-electron chi connectivity index (χ1n) is 11.7. The molecule has 1 aliphatic heterocycles. The predicted molar refractivity (Wildman–Crippen MR) is 145 cm³/mol. The van der Waals surface area contributed by atoms with Crippen LogP contribution in [0, 0.1) is 6.92 Å². The Hall–Kier alpha value is -4.01. The number of amides is 1. The van der Waals surface area contributed by atoms with Crippen LogP contribution in [0.3, 0.4) is 0 Å². The minimum absolute atomic E-state index is 0.00750. The van der Waals surface area contributed by atoms with E-state index in [2.05, 4.69) is 55.7 Å². The fraction of sp³-hybridized carbons (Fsp3) is 0.179. The van der Waals surface area contributed by atoms with Gasteiger partial charge in [-0.2, -0.15) is 0 Å². The maximum atomic E-state index is 12.0. The number of carbonyl (C=O) groups excluding carboxylic acids is 1. The summed E-state index contributed by atoms with van der Waals surface area (Å²) in [6, 6.07) is 23.9. The third-order valence-corrected chi connectivity index (χ3v) is 6.56. The summed E-state index contributed by atoms with van der Waals surface area (Å²) in [7, 11) is 1.50. The molecule has 0 spiro atoms. The van der Waals surface area contributed by atoms with Gasteiger partial charge in [-0.3, -0.25) is 9.78 Å². The van der Waals surface area contributed by atoms with Crippen LogP contribution in [0.4, 0.5) is 11.4 Å². The van der Waals surface area contributed by atoms with E-state index in [0.717, 1.165) is 33.9 Å². The summed E-state index contributed by atoms with van der Waals surface area (Å²) in [4.78, 5) is 18.8. The Balaban J connectivity index is 1.53. The second-order valence-corrected chi connectivity index (χ2v) is 9.05. The maximum Gasteiger partial charge on any atom is 0.250 e. The number of nitrogens with one attached hydrogen (secondary N) is 2. The van der Waals surface area contributed by atoms with Gasteiger partial charge in [-0.25, -0.2) is 0 Å². The van der Waals surface area contributed by atoms with Gasteiger partial charge >= 0.3 is 0 Å². The summed E-state index contributed by atoms with van der Waals surface area (Å²) >= 11 is 5.85. The van der Waals surface area contributed by atoms with E-state index in [4.69, 9.17) is 17.0 Å². The van der Waals surface area contributed by atoms with Crippen molar-refractivity contribution in [2.24, 2.45) is 0 Å². The van der Waals surface area contributed by atoms with Crippen LogP contribution in [0.5, 0.6) is 0 Å². The third kappa shape index (κ3) is 4.73. The zero-order valence-electron chi connectivity index (χ0n) is 20.1. The molecule has 36 heavy (non-hydrogen) atoms. The van der Waals surface area contributed by atoms with Crippen LogP contribution in [-0.2, 0) is 9.53 Å². The van der Waals surface area contributed by atoms with Crippen LogP contribution >= 0.6 is 12.2 Å². The van der Waals surface area contributed by atoms with E-state index < -0.39 is 0 Å². The molecule has 2 N–H and O–H groups in total. The average Bonchev–Trinajstić information content (AvgIpc) is 3.51. The molecule has 0 bridgehead atoms. The molecule has 7 nitrogen and oxygen atoms in total.